The molecule has 1 aromatic rings. The third-order valence-corrected chi connectivity index (χ3v) is 4.48. The summed E-state index contributed by atoms with van der Waals surface area (Å²) in [5, 5.41) is 2.82. The highest BCUT2D eigenvalue weighted by Gasteiger charge is 2.25. The van der Waals surface area contributed by atoms with E-state index in [0.717, 1.165) is 31.1 Å². The number of carbonyl (C=O) groups excluding carboxylic acids is 1. The van der Waals surface area contributed by atoms with E-state index in [2.05, 4.69) is 5.32 Å². The van der Waals surface area contributed by atoms with E-state index in [9.17, 15) is 13.2 Å². The molecule has 2 rings (SSSR count). The van der Waals surface area contributed by atoms with Crippen molar-refractivity contribution in [2.75, 3.05) is 11.6 Å². The van der Waals surface area contributed by atoms with Gasteiger partial charge < -0.3 is 5.32 Å². The number of benzene rings is 1. The molecule has 1 aliphatic rings. The quantitative estimate of drug-likeness (QED) is 0.912. The molecular formula is C13H17NO3S. The van der Waals surface area contributed by atoms with Crippen molar-refractivity contribution in [3.05, 3.63) is 23.8 Å². The van der Waals surface area contributed by atoms with Crippen LogP contribution in [0.5, 0.6) is 0 Å². The average molecular weight is 267 g/mol. The molecule has 0 saturated heterocycles. The first kappa shape index (κ1) is 13.1. The Morgan fingerprint density at radius 1 is 1.33 bits per heavy atom. The van der Waals surface area contributed by atoms with E-state index >= 15 is 0 Å². The number of rotatable bonds is 3. The van der Waals surface area contributed by atoms with Crippen LogP contribution in [0.3, 0.4) is 0 Å². The molecule has 0 aliphatic heterocycles. The van der Waals surface area contributed by atoms with E-state index in [1.54, 1.807) is 12.1 Å². The third-order valence-electron chi connectivity index (χ3n) is 3.37. The molecule has 0 aromatic heterocycles. The largest absolute Gasteiger partial charge is 0.326 e. The van der Waals surface area contributed by atoms with Gasteiger partial charge >= 0.3 is 0 Å². The van der Waals surface area contributed by atoms with Gasteiger partial charge in [-0.1, -0.05) is 12.5 Å². The van der Waals surface area contributed by atoms with Crippen LogP contribution in [0.15, 0.2) is 23.1 Å². The summed E-state index contributed by atoms with van der Waals surface area (Å²) in [6, 6.07) is 4.80. The minimum atomic E-state index is -3.24. The molecule has 98 valence electrons. The Kier molecular flexibility index (Phi) is 3.43. The Morgan fingerprint density at radius 3 is 2.50 bits per heavy atom. The van der Waals surface area contributed by atoms with Gasteiger partial charge in [0.05, 0.1) is 4.90 Å². The molecule has 1 amide bonds. The molecule has 1 saturated carbocycles. The maximum Gasteiger partial charge on any atom is 0.227 e. The first-order valence-electron chi connectivity index (χ1n) is 5.99. The average Bonchev–Trinajstić information content (AvgIpc) is 2.16. The number of hydrogen-bond acceptors (Lipinski definition) is 3. The molecular weight excluding hydrogens is 250 g/mol. The van der Waals surface area contributed by atoms with Crippen LogP contribution in [-0.2, 0) is 14.6 Å². The number of sulfone groups is 1. The standard InChI is InChI=1S/C13H17NO3S/c1-9-6-7-11(18(2,16)17)8-12(9)14-13(15)10-4-3-5-10/h6-8,10H,3-5H2,1-2H3,(H,14,15). The van der Waals surface area contributed by atoms with Gasteiger partial charge in [-0.2, -0.15) is 0 Å². The summed E-state index contributed by atoms with van der Waals surface area (Å²) < 4.78 is 22.9. The lowest BCUT2D eigenvalue weighted by molar-refractivity contribution is -0.122. The number of carbonyl (C=O) groups is 1. The Morgan fingerprint density at radius 2 is 2.00 bits per heavy atom. The van der Waals surface area contributed by atoms with Gasteiger partial charge in [-0.05, 0) is 37.5 Å². The second-order valence-corrected chi connectivity index (χ2v) is 6.88. The molecule has 1 N–H and O–H groups in total. The number of hydrogen-bond donors (Lipinski definition) is 1. The van der Waals surface area contributed by atoms with Crippen molar-refractivity contribution in [3.8, 4) is 0 Å². The number of amides is 1. The van der Waals surface area contributed by atoms with Gasteiger partial charge in [-0.15, -0.1) is 0 Å². The summed E-state index contributed by atoms with van der Waals surface area (Å²) in [4.78, 5) is 12.1. The highest BCUT2D eigenvalue weighted by molar-refractivity contribution is 7.90. The van der Waals surface area contributed by atoms with Crippen LogP contribution in [0, 0.1) is 12.8 Å². The summed E-state index contributed by atoms with van der Waals surface area (Å²) in [6.07, 6.45) is 4.11. The van der Waals surface area contributed by atoms with Gasteiger partial charge in [0.2, 0.25) is 5.91 Å². The van der Waals surface area contributed by atoms with E-state index in [1.165, 1.54) is 6.07 Å². The van der Waals surface area contributed by atoms with E-state index in [-0.39, 0.29) is 16.7 Å². The lowest BCUT2D eigenvalue weighted by atomic mass is 9.85. The lowest BCUT2D eigenvalue weighted by Gasteiger charge is -2.24. The Bertz CT molecular complexity index is 574. The van der Waals surface area contributed by atoms with Gasteiger partial charge in [0.25, 0.3) is 0 Å². The highest BCUT2D eigenvalue weighted by atomic mass is 32.2. The number of nitrogens with one attached hydrogen (secondary N) is 1. The van der Waals surface area contributed by atoms with Crippen LogP contribution in [-0.4, -0.2) is 20.6 Å². The molecule has 18 heavy (non-hydrogen) atoms. The fraction of sp³-hybridized carbons (Fsp3) is 0.462. The Balaban J connectivity index is 2.23. The monoisotopic (exact) mass is 267 g/mol. The molecule has 0 atom stereocenters. The van der Waals surface area contributed by atoms with Crippen LogP contribution in [0.25, 0.3) is 0 Å². The van der Waals surface area contributed by atoms with Crippen molar-refractivity contribution >= 4 is 21.4 Å². The third kappa shape index (κ3) is 2.72. The maximum atomic E-state index is 11.8. The van der Waals surface area contributed by atoms with Crippen molar-refractivity contribution in [1.82, 2.24) is 0 Å². The second kappa shape index (κ2) is 4.72. The summed E-state index contributed by atoms with van der Waals surface area (Å²) in [5.41, 5.74) is 1.46. The highest BCUT2D eigenvalue weighted by Crippen LogP contribution is 2.28. The van der Waals surface area contributed by atoms with Crippen molar-refractivity contribution in [2.45, 2.75) is 31.1 Å². The topological polar surface area (TPSA) is 63.2 Å². The molecule has 0 heterocycles. The SMILES string of the molecule is Cc1ccc(S(C)(=O)=O)cc1NC(=O)C1CCC1. The zero-order valence-electron chi connectivity index (χ0n) is 10.6. The minimum absolute atomic E-state index is 0.00463. The number of anilines is 1. The van der Waals surface area contributed by atoms with Gasteiger partial charge in [-0.25, -0.2) is 8.42 Å². The van der Waals surface area contributed by atoms with Gasteiger partial charge in [0.15, 0.2) is 9.84 Å². The number of aryl methyl sites for hydroxylation is 1. The molecule has 0 bridgehead atoms. The van der Waals surface area contributed by atoms with Gasteiger partial charge in [-0.3, -0.25) is 4.79 Å². The van der Waals surface area contributed by atoms with Crippen LogP contribution in [0.1, 0.15) is 24.8 Å². The molecule has 1 fully saturated rings. The normalized spacial score (nSPS) is 16.1. The molecule has 1 aromatic carbocycles. The van der Waals surface area contributed by atoms with Crippen LogP contribution >= 0.6 is 0 Å². The van der Waals surface area contributed by atoms with E-state index in [0.29, 0.717) is 5.69 Å². The smallest absolute Gasteiger partial charge is 0.227 e. The lowest BCUT2D eigenvalue weighted by Crippen LogP contribution is -2.28. The zero-order valence-corrected chi connectivity index (χ0v) is 11.4. The van der Waals surface area contributed by atoms with E-state index in [4.69, 9.17) is 0 Å². The van der Waals surface area contributed by atoms with Crippen molar-refractivity contribution < 1.29 is 13.2 Å². The van der Waals surface area contributed by atoms with Crippen molar-refractivity contribution in [3.63, 3.8) is 0 Å². The summed E-state index contributed by atoms with van der Waals surface area (Å²) in [6.45, 7) is 1.85. The second-order valence-electron chi connectivity index (χ2n) is 4.87. The first-order chi connectivity index (χ1) is 8.38. The molecule has 0 unspecified atom stereocenters. The predicted octanol–water partition coefficient (Wildman–Crippen LogP) is 2.14. The van der Waals surface area contributed by atoms with Gasteiger partial charge in [0.1, 0.15) is 0 Å². The molecule has 1 aliphatic carbocycles. The molecule has 5 heteroatoms. The van der Waals surface area contributed by atoms with Crippen molar-refractivity contribution in [1.29, 1.82) is 0 Å². The predicted molar refractivity (Wildman–Crippen MR) is 70.3 cm³/mol. The first-order valence-corrected chi connectivity index (χ1v) is 7.88. The summed E-state index contributed by atoms with van der Waals surface area (Å²) in [7, 11) is -3.24. The minimum Gasteiger partial charge on any atom is -0.326 e. The van der Waals surface area contributed by atoms with Crippen LogP contribution < -0.4 is 5.32 Å². The van der Waals surface area contributed by atoms with E-state index < -0.39 is 9.84 Å². The molecule has 4 nitrogen and oxygen atoms in total. The Hall–Kier alpha value is -1.36. The maximum absolute atomic E-state index is 11.8. The van der Waals surface area contributed by atoms with E-state index in [1.807, 2.05) is 6.92 Å². The van der Waals surface area contributed by atoms with Crippen LogP contribution in [0.2, 0.25) is 0 Å². The van der Waals surface area contributed by atoms with Crippen molar-refractivity contribution in [2.24, 2.45) is 5.92 Å². The zero-order chi connectivity index (χ0) is 13.3. The summed E-state index contributed by atoms with van der Waals surface area (Å²) in [5.74, 6) is 0.0845. The fourth-order valence-electron chi connectivity index (χ4n) is 1.87. The fourth-order valence-corrected chi connectivity index (χ4v) is 2.52. The Labute approximate surface area is 107 Å². The molecule has 0 radical (unpaired) electrons. The molecule has 0 spiro atoms. The van der Waals surface area contributed by atoms with Crippen LogP contribution in [0.4, 0.5) is 5.69 Å². The van der Waals surface area contributed by atoms with Gasteiger partial charge in [0, 0.05) is 17.9 Å². The summed E-state index contributed by atoms with van der Waals surface area (Å²) >= 11 is 0.